The van der Waals surface area contributed by atoms with Crippen molar-refractivity contribution in [1.29, 1.82) is 0 Å². The van der Waals surface area contributed by atoms with E-state index in [0.717, 1.165) is 12.1 Å². The zero-order chi connectivity index (χ0) is 12.8. The predicted octanol–water partition coefficient (Wildman–Crippen LogP) is 3.01. The van der Waals surface area contributed by atoms with Gasteiger partial charge in [-0.25, -0.2) is 0 Å². The molecule has 18 heavy (non-hydrogen) atoms. The van der Waals surface area contributed by atoms with Crippen molar-refractivity contribution < 1.29 is 4.79 Å². The van der Waals surface area contributed by atoms with Gasteiger partial charge in [0, 0.05) is 24.2 Å². The average molecular weight is 246 g/mol. The van der Waals surface area contributed by atoms with Gasteiger partial charge in [-0.3, -0.25) is 9.78 Å². The Bertz CT molecular complexity index is 371. The van der Waals surface area contributed by atoms with Gasteiger partial charge in [0.15, 0.2) is 0 Å². The van der Waals surface area contributed by atoms with E-state index in [4.69, 9.17) is 5.73 Å². The van der Waals surface area contributed by atoms with Gasteiger partial charge in [0.1, 0.15) is 0 Å². The lowest BCUT2D eigenvalue weighted by atomic mass is 9.76. The molecule has 0 radical (unpaired) electrons. The Hall–Kier alpha value is -1.38. The van der Waals surface area contributed by atoms with E-state index in [2.05, 4.69) is 11.1 Å². The summed E-state index contributed by atoms with van der Waals surface area (Å²) in [5, 5.41) is 0. The van der Waals surface area contributed by atoms with Crippen molar-refractivity contribution in [3.8, 4) is 0 Å². The van der Waals surface area contributed by atoms with Gasteiger partial charge >= 0.3 is 0 Å². The molecule has 98 valence electrons. The van der Waals surface area contributed by atoms with E-state index in [1.54, 1.807) is 0 Å². The summed E-state index contributed by atoms with van der Waals surface area (Å²) in [5.74, 6) is 0.874. The van der Waals surface area contributed by atoms with Crippen LogP contribution in [0.1, 0.15) is 56.6 Å². The monoisotopic (exact) mass is 246 g/mol. The number of hydrogen-bond acceptors (Lipinski definition) is 2. The fraction of sp³-hybridized carbons (Fsp3) is 0.600. The van der Waals surface area contributed by atoms with Crippen molar-refractivity contribution in [3.63, 3.8) is 0 Å². The van der Waals surface area contributed by atoms with Crippen molar-refractivity contribution in [3.05, 3.63) is 30.1 Å². The van der Waals surface area contributed by atoms with Gasteiger partial charge < -0.3 is 5.73 Å². The van der Waals surface area contributed by atoms with Crippen molar-refractivity contribution in [2.75, 3.05) is 0 Å². The van der Waals surface area contributed by atoms with Crippen LogP contribution in [-0.2, 0) is 4.79 Å². The molecule has 1 aliphatic rings. The second-order valence-corrected chi connectivity index (χ2v) is 5.26. The van der Waals surface area contributed by atoms with Crippen LogP contribution in [0.25, 0.3) is 0 Å². The fourth-order valence-corrected chi connectivity index (χ4v) is 3.05. The first kappa shape index (κ1) is 13.1. The molecule has 1 aliphatic carbocycles. The molecule has 1 fully saturated rings. The second kappa shape index (κ2) is 6.53. The lowest BCUT2D eigenvalue weighted by molar-refractivity contribution is -0.118. The number of primary amides is 1. The molecule has 0 aromatic carbocycles. The zero-order valence-corrected chi connectivity index (χ0v) is 10.8. The van der Waals surface area contributed by atoms with E-state index in [9.17, 15) is 4.79 Å². The number of aromatic nitrogens is 1. The maximum absolute atomic E-state index is 11.0. The third kappa shape index (κ3) is 3.56. The molecule has 1 saturated carbocycles. The number of pyridine rings is 1. The van der Waals surface area contributed by atoms with Crippen LogP contribution in [-0.4, -0.2) is 10.9 Å². The molecule has 0 saturated heterocycles. The average Bonchev–Trinajstić information content (AvgIpc) is 2.41. The molecule has 3 nitrogen and oxygen atoms in total. The van der Waals surface area contributed by atoms with E-state index < -0.39 is 0 Å². The Kier molecular flexibility index (Phi) is 4.73. The number of carbonyl (C=O) groups is 1. The summed E-state index contributed by atoms with van der Waals surface area (Å²) in [4.78, 5) is 15.5. The highest BCUT2D eigenvalue weighted by molar-refractivity contribution is 5.73. The van der Waals surface area contributed by atoms with Crippen LogP contribution >= 0.6 is 0 Å². The molecule has 1 aromatic rings. The molecular weight excluding hydrogens is 224 g/mol. The summed E-state index contributed by atoms with van der Waals surface area (Å²) in [6.45, 7) is 0. The van der Waals surface area contributed by atoms with Crippen molar-refractivity contribution in [2.45, 2.75) is 50.9 Å². The molecule has 0 bridgehead atoms. The van der Waals surface area contributed by atoms with Gasteiger partial charge in [-0.15, -0.1) is 0 Å². The Balaban J connectivity index is 2.08. The van der Waals surface area contributed by atoms with Crippen molar-refractivity contribution in [2.24, 2.45) is 11.7 Å². The van der Waals surface area contributed by atoms with E-state index >= 15 is 0 Å². The first-order chi connectivity index (χ1) is 8.77. The fourth-order valence-electron chi connectivity index (χ4n) is 3.05. The van der Waals surface area contributed by atoms with E-state index in [0.29, 0.717) is 18.3 Å². The van der Waals surface area contributed by atoms with Crippen LogP contribution in [0.2, 0.25) is 0 Å². The molecule has 1 amide bonds. The van der Waals surface area contributed by atoms with Gasteiger partial charge in [-0.05, 0) is 37.3 Å². The first-order valence-electron chi connectivity index (χ1n) is 6.96. The topological polar surface area (TPSA) is 56.0 Å². The lowest BCUT2D eigenvalue weighted by Gasteiger charge is -2.29. The van der Waals surface area contributed by atoms with Crippen molar-refractivity contribution >= 4 is 5.91 Å². The maximum atomic E-state index is 11.0. The van der Waals surface area contributed by atoms with E-state index in [1.165, 1.54) is 32.1 Å². The number of hydrogen-bond donors (Lipinski definition) is 1. The van der Waals surface area contributed by atoms with Gasteiger partial charge in [0.25, 0.3) is 0 Å². The van der Waals surface area contributed by atoms with Crippen LogP contribution in [0.4, 0.5) is 0 Å². The Morgan fingerprint density at radius 3 is 2.72 bits per heavy atom. The minimum atomic E-state index is -0.202. The standard InChI is InChI=1S/C15H22N2O/c16-15(18)10-9-13(12-6-2-1-3-7-12)14-8-4-5-11-17-14/h4-5,8,11-13H,1-3,6-7,9-10H2,(H2,16,18). The Morgan fingerprint density at radius 1 is 1.33 bits per heavy atom. The zero-order valence-electron chi connectivity index (χ0n) is 10.8. The third-order valence-electron chi connectivity index (χ3n) is 3.99. The minimum Gasteiger partial charge on any atom is -0.370 e. The Labute approximate surface area is 109 Å². The summed E-state index contributed by atoms with van der Waals surface area (Å²) in [7, 11) is 0. The normalized spacial score (nSPS) is 18.4. The predicted molar refractivity (Wildman–Crippen MR) is 72.0 cm³/mol. The van der Waals surface area contributed by atoms with Crippen molar-refractivity contribution in [1.82, 2.24) is 4.98 Å². The van der Waals surface area contributed by atoms with Gasteiger partial charge in [0.05, 0.1) is 0 Å². The largest absolute Gasteiger partial charge is 0.370 e. The number of nitrogens with zero attached hydrogens (tertiary/aromatic N) is 1. The van der Waals surface area contributed by atoms with Crippen LogP contribution in [0.3, 0.4) is 0 Å². The van der Waals surface area contributed by atoms with Crippen LogP contribution in [0, 0.1) is 5.92 Å². The summed E-state index contributed by atoms with van der Waals surface area (Å²) < 4.78 is 0. The number of amides is 1. The SMILES string of the molecule is NC(=O)CCC(c1ccccn1)C1CCCCC1. The highest BCUT2D eigenvalue weighted by Crippen LogP contribution is 2.37. The summed E-state index contributed by atoms with van der Waals surface area (Å²) in [5.41, 5.74) is 6.42. The maximum Gasteiger partial charge on any atom is 0.217 e. The highest BCUT2D eigenvalue weighted by Gasteiger charge is 2.26. The van der Waals surface area contributed by atoms with E-state index in [1.807, 2.05) is 18.3 Å². The smallest absolute Gasteiger partial charge is 0.217 e. The molecule has 2 rings (SSSR count). The quantitative estimate of drug-likeness (QED) is 0.868. The molecule has 1 atom stereocenters. The second-order valence-electron chi connectivity index (χ2n) is 5.26. The van der Waals surface area contributed by atoms with Gasteiger partial charge in [0.2, 0.25) is 5.91 Å². The minimum absolute atomic E-state index is 0.202. The molecule has 1 heterocycles. The number of rotatable bonds is 5. The molecule has 1 aromatic heterocycles. The molecular formula is C15H22N2O. The summed E-state index contributed by atoms with van der Waals surface area (Å²) in [6.07, 6.45) is 9.65. The molecule has 3 heteroatoms. The third-order valence-corrected chi connectivity index (χ3v) is 3.99. The summed E-state index contributed by atoms with van der Waals surface area (Å²) >= 11 is 0. The van der Waals surface area contributed by atoms with Crippen LogP contribution < -0.4 is 5.73 Å². The highest BCUT2D eigenvalue weighted by atomic mass is 16.1. The molecule has 0 aliphatic heterocycles. The Morgan fingerprint density at radius 2 is 2.11 bits per heavy atom. The van der Waals surface area contributed by atoms with Crippen LogP contribution in [0.5, 0.6) is 0 Å². The van der Waals surface area contributed by atoms with E-state index in [-0.39, 0.29) is 5.91 Å². The van der Waals surface area contributed by atoms with Crippen LogP contribution in [0.15, 0.2) is 24.4 Å². The van der Waals surface area contributed by atoms with Gasteiger partial charge in [-0.2, -0.15) is 0 Å². The number of carbonyl (C=O) groups excluding carboxylic acids is 1. The number of nitrogens with two attached hydrogens (primary N) is 1. The first-order valence-corrected chi connectivity index (χ1v) is 6.96. The molecule has 0 spiro atoms. The molecule has 2 N–H and O–H groups in total. The lowest BCUT2D eigenvalue weighted by Crippen LogP contribution is -2.20. The molecule has 1 unspecified atom stereocenters. The van der Waals surface area contributed by atoms with Gasteiger partial charge in [-0.1, -0.05) is 25.3 Å². The summed E-state index contributed by atoms with van der Waals surface area (Å²) in [6, 6.07) is 6.05.